The Morgan fingerprint density at radius 1 is 0.433 bits per heavy atom. The third-order valence-electron chi connectivity index (χ3n) is 9.38. The zero-order valence-electron chi connectivity index (χ0n) is 34.4. The lowest BCUT2D eigenvalue weighted by Crippen LogP contribution is -2.27. The average Bonchev–Trinajstić information content (AvgIpc) is 3.29. The number of anilines is 2. The van der Waals surface area contributed by atoms with Crippen LogP contribution in [0.1, 0.15) is 47.0 Å². The summed E-state index contributed by atoms with van der Waals surface area (Å²) in [6.45, 7) is -0.330. The Kier molecular flexibility index (Phi) is 14.1. The zero-order chi connectivity index (χ0) is 43.7. The number of hydrogen-bond acceptors (Lipinski definition) is 14. The number of esters is 2. The summed E-state index contributed by atoms with van der Waals surface area (Å²) in [6, 6.07) is 21.3. The molecule has 16 nitrogen and oxygen atoms in total. The molecule has 0 saturated carbocycles. The van der Waals surface area contributed by atoms with Gasteiger partial charge in [-0.1, -0.05) is 0 Å². The van der Waals surface area contributed by atoms with E-state index in [0.29, 0.717) is 28.4 Å². The largest absolute Gasteiger partial charge is 0.496 e. The molecule has 0 unspecified atom stereocenters. The van der Waals surface area contributed by atoms with Crippen molar-refractivity contribution in [2.75, 3.05) is 73.7 Å². The molecule has 0 atom stereocenters. The van der Waals surface area contributed by atoms with Crippen molar-refractivity contribution in [2.24, 2.45) is 0 Å². The van der Waals surface area contributed by atoms with Gasteiger partial charge in [-0.2, -0.15) is 0 Å². The van der Waals surface area contributed by atoms with Crippen LogP contribution in [-0.4, -0.2) is 92.7 Å². The first-order valence-corrected chi connectivity index (χ1v) is 18.0. The van der Waals surface area contributed by atoms with Crippen molar-refractivity contribution in [1.29, 1.82) is 0 Å². The zero-order valence-corrected chi connectivity index (χ0v) is 34.4. The van der Waals surface area contributed by atoms with Crippen molar-refractivity contribution < 1.29 is 66.9 Å². The molecule has 0 spiro atoms. The summed E-state index contributed by atoms with van der Waals surface area (Å²) in [5, 5.41) is 9.64. The summed E-state index contributed by atoms with van der Waals surface area (Å²) in [5.74, 6) is -0.641. The minimum atomic E-state index is -0.780. The number of carbonyl (C=O) groups is 4. The molecule has 5 aromatic carbocycles. The average molecular weight is 825 g/mol. The number of methoxy groups -OCH3 is 7. The number of rotatable bonds is 16. The number of ether oxygens (including phenoxy) is 9. The van der Waals surface area contributed by atoms with Gasteiger partial charge in [0.1, 0.15) is 28.4 Å². The minimum absolute atomic E-state index is 0.0504. The molecule has 0 bridgehead atoms. The second-order valence-electron chi connectivity index (χ2n) is 12.7. The molecule has 2 amide bonds. The van der Waals surface area contributed by atoms with Crippen molar-refractivity contribution in [3.8, 4) is 51.7 Å². The first kappa shape index (κ1) is 43.7. The minimum Gasteiger partial charge on any atom is -0.496 e. The molecule has 5 rings (SSSR count). The van der Waals surface area contributed by atoms with Crippen molar-refractivity contribution in [2.45, 2.75) is 6.61 Å². The van der Waals surface area contributed by atoms with E-state index >= 15 is 0 Å². The van der Waals surface area contributed by atoms with Crippen LogP contribution in [0.25, 0.3) is 0 Å². The normalized spacial score (nSPS) is 10.5. The summed E-state index contributed by atoms with van der Waals surface area (Å²) in [7, 11) is 13.0. The van der Waals surface area contributed by atoms with Crippen LogP contribution in [0, 0.1) is 0 Å². The molecule has 314 valence electrons. The van der Waals surface area contributed by atoms with Gasteiger partial charge in [-0.05, 0) is 72.8 Å². The van der Waals surface area contributed by atoms with Crippen LogP contribution in [0.5, 0.6) is 51.7 Å². The molecule has 0 aromatic heterocycles. The van der Waals surface area contributed by atoms with Crippen molar-refractivity contribution >= 4 is 35.1 Å². The van der Waals surface area contributed by atoms with Crippen LogP contribution >= 0.6 is 0 Å². The molecular weight excluding hydrogens is 780 g/mol. The van der Waals surface area contributed by atoms with Gasteiger partial charge in [-0.3, -0.25) is 9.59 Å². The molecule has 0 heterocycles. The van der Waals surface area contributed by atoms with Gasteiger partial charge in [-0.25, -0.2) is 9.59 Å². The van der Waals surface area contributed by atoms with E-state index in [4.69, 9.17) is 42.6 Å². The molecule has 5 aromatic rings. The fourth-order valence-corrected chi connectivity index (χ4v) is 6.03. The first-order valence-electron chi connectivity index (χ1n) is 18.0. The van der Waals surface area contributed by atoms with Gasteiger partial charge >= 0.3 is 11.9 Å². The van der Waals surface area contributed by atoms with Crippen molar-refractivity contribution in [3.05, 3.63) is 113 Å². The Morgan fingerprint density at radius 3 is 1.17 bits per heavy atom. The summed E-state index contributed by atoms with van der Waals surface area (Å²) in [5.41, 5.74) is 2.08. The van der Waals surface area contributed by atoms with Gasteiger partial charge in [0.2, 0.25) is 0 Å². The summed E-state index contributed by atoms with van der Waals surface area (Å²) < 4.78 is 48.8. The number of aliphatic hydroxyl groups excluding tert-OH is 1. The van der Waals surface area contributed by atoms with E-state index in [-0.39, 0.29) is 69.1 Å². The molecule has 0 aliphatic rings. The fourth-order valence-electron chi connectivity index (χ4n) is 6.03. The fraction of sp³-hybridized carbons (Fsp3) is 0.227. The first-order chi connectivity index (χ1) is 28.9. The lowest BCUT2D eigenvalue weighted by Gasteiger charge is -2.21. The number of carbonyl (C=O) groups excluding carboxylic acids is 4. The highest BCUT2D eigenvalue weighted by Gasteiger charge is 2.25. The van der Waals surface area contributed by atoms with Gasteiger partial charge < -0.3 is 57.5 Å². The van der Waals surface area contributed by atoms with Crippen LogP contribution in [0.3, 0.4) is 0 Å². The van der Waals surface area contributed by atoms with Gasteiger partial charge in [-0.15, -0.1) is 0 Å². The van der Waals surface area contributed by atoms with E-state index in [1.54, 1.807) is 38.4 Å². The predicted molar refractivity (Wildman–Crippen MR) is 219 cm³/mol. The quantitative estimate of drug-likeness (QED) is 0.0875. The van der Waals surface area contributed by atoms with E-state index < -0.39 is 23.8 Å². The summed E-state index contributed by atoms with van der Waals surface area (Å²) in [6.07, 6.45) is 0. The Hall–Kier alpha value is -7.46. The second-order valence-corrected chi connectivity index (χ2v) is 12.7. The molecule has 1 N–H and O–H groups in total. The molecule has 0 aliphatic heterocycles. The highest BCUT2D eigenvalue weighted by Crippen LogP contribution is 2.37. The van der Waals surface area contributed by atoms with Crippen molar-refractivity contribution in [1.82, 2.24) is 0 Å². The van der Waals surface area contributed by atoms with E-state index in [1.807, 2.05) is 0 Å². The standard InChI is InChI=1S/C44H44N2O14/c1-45(41(48)25-10-16-32(37(18-25)55-6)59-43(50)30-21-34(52-3)27(24-47)20-35(30)53-4)28-12-14-29(15-13-28)46(2)42(49)26-11-17-33(38(19-26)56-7)60-44(51)31-22-39(57-8)40(58-9)23-36(31)54-5/h10-23,47H,24H2,1-9H3. The Morgan fingerprint density at radius 2 is 0.783 bits per heavy atom. The van der Waals surface area contributed by atoms with Crippen molar-refractivity contribution in [3.63, 3.8) is 0 Å². The number of amides is 2. The number of hydrogen-bond donors (Lipinski definition) is 1. The van der Waals surface area contributed by atoms with Gasteiger partial charge in [0.25, 0.3) is 11.8 Å². The second kappa shape index (κ2) is 19.3. The smallest absolute Gasteiger partial charge is 0.347 e. The third kappa shape index (κ3) is 9.13. The van der Waals surface area contributed by atoms with Gasteiger partial charge in [0.05, 0.1) is 56.4 Å². The van der Waals surface area contributed by atoms with E-state index in [9.17, 15) is 24.3 Å². The number of nitrogens with zero attached hydrogens (tertiary/aromatic N) is 2. The molecule has 0 radical (unpaired) electrons. The highest BCUT2D eigenvalue weighted by molar-refractivity contribution is 6.08. The lowest BCUT2D eigenvalue weighted by molar-refractivity contribution is 0.0716. The van der Waals surface area contributed by atoms with Crippen LogP contribution < -0.4 is 52.4 Å². The predicted octanol–water partition coefficient (Wildman–Crippen LogP) is 6.23. The lowest BCUT2D eigenvalue weighted by atomic mass is 10.1. The van der Waals surface area contributed by atoms with Crippen LogP contribution in [-0.2, 0) is 6.61 Å². The van der Waals surface area contributed by atoms with Gasteiger partial charge in [0.15, 0.2) is 34.5 Å². The number of aliphatic hydroxyl groups is 1. The van der Waals surface area contributed by atoms with Gasteiger partial charge in [0, 0.05) is 54.3 Å². The Balaban J connectivity index is 1.27. The monoisotopic (exact) mass is 824 g/mol. The number of benzene rings is 5. The van der Waals surface area contributed by atoms with Crippen LogP contribution in [0.2, 0.25) is 0 Å². The molecule has 0 fully saturated rings. The highest BCUT2D eigenvalue weighted by atomic mass is 16.6. The summed E-state index contributed by atoms with van der Waals surface area (Å²) >= 11 is 0. The maximum atomic E-state index is 13.6. The topological polar surface area (TPSA) is 178 Å². The molecule has 60 heavy (non-hydrogen) atoms. The van der Waals surface area contributed by atoms with E-state index in [1.165, 1.54) is 120 Å². The van der Waals surface area contributed by atoms with Crippen LogP contribution in [0.4, 0.5) is 11.4 Å². The van der Waals surface area contributed by atoms with E-state index in [2.05, 4.69) is 0 Å². The molecule has 0 saturated heterocycles. The van der Waals surface area contributed by atoms with Crippen LogP contribution in [0.15, 0.2) is 84.9 Å². The molecule has 16 heteroatoms. The third-order valence-corrected chi connectivity index (χ3v) is 9.38. The molecular formula is C44H44N2O14. The Bertz CT molecular complexity index is 2230. The maximum Gasteiger partial charge on any atom is 0.347 e. The summed E-state index contributed by atoms with van der Waals surface area (Å²) in [4.78, 5) is 56.5. The molecule has 0 aliphatic carbocycles. The Labute approximate surface area is 346 Å². The van der Waals surface area contributed by atoms with E-state index in [0.717, 1.165) is 0 Å². The maximum absolute atomic E-state index is 13.6. The SMILES string of the molecule is COc1cc(C(=O)Oc2ccc(C(=O)N(C)c3ccc(N(C)C(=O)c4ccc(OC(=O)c5cc(OC)c(OC)cc5OC)c(OC)c4)cc3)cc2OC)c(OC)cc1CO.